The Morgan fingerprint density at radius 1 is 1.19 bits per heavy atom. The van der Waals surface area contributed by atoms with E-state index < -0.39 is 0 Å². The predicted molar refractivity (Wildman–Crippen MR) is 131 cm³/mol. The van der Waals surface area contributed by atoms with Gasteiger partial charge < -0.3 is 15.0 Å². The molecule has 4 nitrogen and oxygen atoms in total. The summed E-state index contributed by atoms with van der Waals surface area (Å²) in [5.41, 5.74) is 4.09. The lowest BCUT2D eigenvalue weighted by Gasteiger charge is -2.20. The second kappa shape index (κ2) is 9.03. The van der Waals surface area contributed by atoms with Crippen LogP contribution < -0.4 is 15.0 Å². The third kappa shape index (κ3) is 4.26. The number of nitrogens with one attached hydrogen (secondary N) is 1. The number of ether oxygens (including phenoxy) is 1. The van der Waals surface area contributed by atoms with Crippen LogP contribution in [0.3, 0.4) is 0 Å². The van der Waals surface area contributed by atoms with E-state index in [-0.39, 0.29) is 17.9 Å². The highest BCUT2D eigenvalue weighted by molar-refractivity contribution is 6.19. The summed E-state index contributed by atoms with van der Waals surface area (Å²) in [6, 6.07) is 18.4. The van der Waals surface area contributed by atoms with Crippen LogP contribution in [0.5, 0.6) is 5.75 Å². The normalized spacial score (nSPS) is 15.6. The summed E-state index contributed by atoms with van der Waals surface area (Å²) in [4.78, 5) is 15.0. The van der Waals surface area contributed by atoms with Gasteiger partial charge >= 0.3 is 0 Å². The molecule has 1 unspecified atom stereocenters. The van der Waals surface area contributed by atoms with Crippen LogP contribution in [-0.2, 0) is 4.79 Å². The van der Waals surface area contributed by atoms with Crippen molar-refractivity contribution < 1.29 is 9.53 Å². The molecule has 0 aliphatic carbocycles. The summed E-state index contributed by atoms with van der Waals surface area (Å²) in [7, 11) is 1.64. The topological polar surface area (TPSA) is 41.6 Å². The van der Waals surface area contributed by atoms with Gasteiger partial charge in [-0.15, -0.1) is 11.6 Å². The van der Waals surface area contributed by atoms with Crippen LogP contribution in [-0.4, -0.2) is 31.5 Å². The SMILES string of the molecule is COc1ccc(/C=C/C(=O)N2CC(CCl)c3c2cc(NC(C)C)c2ccccc32)cc1. The van der Waals surface area contributed by atoms with Gasteiger partial charge in [-0.2, -0.15) is 0 Å². The van der Waals surface area contributed by atoms with E-state index in [0.717, 1.165) is 39.0 Å². The first-order chi connectivity index (χ1) is 15.0. The van der Waals surface area contributed by atoms with E-state index in [0.29, 0.717) is 12.4 Å². The zero-order valence-corrected chi connectivity index (χ0v) is 18.8. The Labute approximate surface area is 188 Å². The lowest BCUT2D eigenvalue weighted by atomic mass is 9.95. The zero-order valence-electron chi connectivity index (χ0n) is 18.1. The zero-order chi connectivity index (χ0) is 22.0. The Bertz CT molecular complexity index is 1120. The van der Waals surface area contributed by atoms with E-state index in [1.165, 1.54) is 0 Å². The van der Waals surface area contributed by atoms with E-state index in [2.05, 4.69) is 37.4 Å². The molecule has 5 heteroatoms. The fraction of sp³-hybridized carbons (Fsp3) is 0.269. The first kappa shape index (κ1) is 21.3. The molecule has 1 amide bonds. The van der Waals surface area contributed by atoms with E-state index in [9.17, 15) is 4.79 Å². The van der Waals surface area contributed by atoms with Gasteiger partial charge in [0.2, 0.25) is 0 Å². The molecular weight excluding hydrogens is 408 g/mol. The van der Waals surface area contributed by atoms with Crippen molar-refractivity contribution in [3.8, 4) is 5.75 Å². The number of hydrogen-bond donors (Lipinski definition) is 1. The molecule has 0 spiro atoms. The molecule has 0 bridgehead atoms. The Balaban J connectivity index is 1.72. The lowest BCUT2D eigenvalue weighted by Crippen LogP contribution is -2.28. The maximum atomic E-state index is 13.2. The van der Waals surface area contributed by atoms with Gasteiger partial charge in [-0.3, -0.25) is 4.79 Å². The second-order valence-corrected chi connectivity index (χ2v) is 8.42. The molecule has 4 rings (SSSR count). The van der Waals surface area contributed by atoms with Gasteiger partial charge in [-0.1, -0.05) is 36.4 Å². The number of methoxy groups -OCH3 is 1. The third-order valence-corrected chi connectivity index (χ3v) is 5.97. The highest BCUT2D eigenvalue weighted by Gasteiger charge is 2.33. The average Bonchev–Trinajstić information content (AvgIpc) is 3.16. The van der Waals surface area contributed by atoms with Crippen LogP contribution in [0, 0.1) is 0 Å². The number of anilines is 2. The van der Waals surface area contributed by atoms with Crippen molar-refractivity contribution in [2.75, 3.05) is 29.8 Å². The summed E-state index contributed by atoms with van der Waals surface area (Å²) in [6.07, 6.45) is 3.47. The standard InChI is InChI=1S/C26H27ClN2O2/c1-17(2)28-23-14-24-26(22-7-5-4-6-21(22)23)19(15-27)16-29(24)25(30)13-10-18-8-11-20(31-3)12-9-18/h4-14,17,19,28H,15-16H2,1-3H3/b13-10+. The van der Waals surface area contributed by atoms with Crippen LogP contribution in [0.1, 0.15) is 30.9 Å². The monoisotopic (exact) mass is 434 g/mol. The first-order valence-corrected chi connectivity index (χ1v) is 11.1. The molecule has 0 saturated heterocycles. The molecule has 0 aromatic heterocycles. The fourth-order valence-corrected chi connectivity index (χ4v) is 4.43. The number of carbonyl (C=O) groups is 1. The van der Waals surface area contributed by atoms with Gasteiger partial charge in [-0.05, 0) is 54.6 Å². The quantitative estimate of drug-likeness (QED) is 0.379. The number of fused-ring (bicyclic) bond motifs is 3. The smallest absolute Gasteiger partial charge is 0.251 e. The maximum absolute atomic E-state index is 13.2. The maximum Gasteiger partial charge on any atom is 0.251 e. The van der Waals surface area contributed by atoms with Crippen LogP contribution in [0.4, 0.5) is 11.4 Å². The Morgan fingerprint density at radius 2 is 1.90 bits per heavy atom. The highest BCUT2D eigenvalue weighted by Crippen LogP contribution is 2.45. The van der Waals surface area contributed by atoms with Crippen molar-refractivity contribution in [2.24, 2.45) is 0 Å². The number of alkyl halides is 1. The Morgan fingerprint density at radius 3 is 2.55 bits per heavy atom. The van der Waals surface area contributed by atoms with Crippen LogP contribution in [0.15, 0.2) is 60.7 Å². The highest BCUT2D eigenvalue weighted by atomic mass is 35.5. The third-order valence-electron chi connectivity index (χ3n) is 5.60. The number of nitrogens with zero attached hydrogens (tertiary/aromatic N) is 1. The summed E-state index contributed by atoms with van der Waals surface area (Å²) in [5.74, 6) is 1.32. The first-order valence-electron chi connectivity index (χ1n) is 10.5. The average molecular weight is 435 g/mol. The molecule has 160 valence electrons. The Hall–Kier alpha value is -2.98. The van der Waals surface area contributed by atoms with Crippen LogP contribution in [0.25, 0.3) is 16.8 Å². The molecule has 1 heterocycles. The number of hydrogen-bond acceptors (Lipinski definition) is 3. The van der Waals surface area contributed by atoms with Crippen molar-refractivity contribution in [2.45, 2.75) is 25.8 Å². The van der Waals surface area contributed by atoms with Gasteiger partial charge in [0.15, 0.2) is 0 Å². The number of amides is 1. The second-order valence-electron chi connectivity index (χ2n) is 8.11. The van der Waals surface area contributed by atoms with E-state index >= 15 is 0 Å². The van der Waals surface area contributed by atoms with E-state index in [1.54, 1.807) is 13.2 Å². The molecule has 3 aromatic rings. The minimum absolute atomic E-state index is 0.0459. The predicted octanol–water partition coefficient (Wildman–Crippen LogP) is 6.05. The number of carbonyl (C=O) groups excluding carboxylic acids is 1. The molecule has 0 fully saturated rings. The molecule has 31 heavy (non-hydrogen) atoms. The van der Waals surface area contributed by atoms with Crippen LogP contribution >= 0.6 is 11.6 Å². The summed E-state index contributed by atoms with van der Waals surface area (Å²) < 4.78 is 5.20. The molecule has 1 aliphatic rings. The molecule has 1 N–H and O–H groups in total. The van der Waals surface area contributed by atoms with Gasteiger partial charge in [0.05, 0.1) is 12.8 Å². The molecule has 0 radical (unpaired) electrons. The molecular formula is C26H27ClN2O2. The summed E-state index contributed by atoms with van der Waals surface area (Å²) >= 11 is 6.35. The van der Waals surface area contributed by atoms with E-state index in [4.69, 9.17) is 16.3 Å². The lowest BCUT2D eigenvalue weighted by molar-refractivity contribution is -0.114. The van der Waals surface area contributed by atoms with Crippen molar-refractivity contribution >= 4 is 45.7 Å². The van der Waals surface area contributed by atoms with E-state index in [1.807, 2.05) is 47.4 Å². The minimum Gasteiger partial charge on any atom is -0.497 e. The number of halogens is 1. The van der Waals surface area contributed by atoms with Gasteiger partial charge in [0.25, 0.3) is 5.91 Å². The van der Waals surface area contributed by atoms with Crippen LogP contribution in [0.2, 0.25) is 0 Å². The van der Waals surface area contributed by atoms with Crippen molar-refractivity contribution in [1.29, 1.82) is 0 Å². The van der Waals surface area contributed by atoms with Crippen molar-refractivity contribution in [3.63, 3.8) is 0 Å². The molecule has 3 aromatic carbocycles. The summed E-state index contributed by atoms with van der Waals surface area (Å²) in [6.45, 7) is 4.81. The Kier molecular flexibility index (Phi) is 6.19. The largest absolute Gasteiger partial charge is 0.497 e. The number of rotatable bonds is 6. The summed E-state index contributed by atoms with van der Waals surface area (Å²) in [5, 5.41) is 5.85. The molecule has 1 aliphatic heterocycles. The minimum atomic E-state index is -0.0459. The van der Waals surface area contributed by atoms with Gasteiger partial charge in [-0.25, -0.2) is 0 Å². The molecule has 1 atom stereocenters. The number of benzene rings is 3. The fourth-order valence-electron chi connectivity index (χ4n) is 4.18. The van der Waals surface area contributed by atoms with Crippen molar-refractivity contribution in [3.05, 3.63) is 71.8 Å². The molecule has 0 saturated carbocycles. The van der Waals surface area contributed by atoms with Gasteiger partial charge in [0, 0.05) is 41.5 Å². The van der Waals surface area contributed by atoms with Gasteiger partial charge in [0.1, 0.15) is 5.75 Å². The van der Waals surface area contributed by atoms with Crippen molar-refractivity contribution in [1.82, 2.24) is 0 Å².